The van der Waals surface area contributed by atoms with Crippen LogP contribution in [0.25, 0.3) is 0 Å². The summed E-state index contributed by atoms with van der Waals surface area (Å²) in [4.78, 5) is 11.7. The molecule has 0 fully saturated rings. The third-order valence-electron chi connectivity index (χ3n) is 2.69. The first-order valence-electron chi connectivity index (χ1n) is 5.32. The molecular weight excluding hydrogens is 276 g/mol. The summed E-state index contributed by atoms with van der Waals surface area (Å²) >= 11 is 0. The molecule has 98 valence electrons. The monoisotopic (exact) mass is 288 g/mol. The highest BCUT2D eigenvalue weighted by molar-refractivity contribution is 8.13. The molecule has 1 heterocycles. The second kappa shape index (κ2) is 4.13. The highest BCUT2D eigenvalue weighted by Crippen LogP contribution is 2.32. The van der Waals surface area contributed by atoms with Crippen LogP contribution in [-0.4, -0.2) is 19.9 Å². The molecule has 1 amide bonds. The Labute approximate surface area is 110 Å². The third-order valence-corrected chi connectivity index (χ3v) is 3.69. The first kappa shape index (κ1) is 13.2. The van der Waals surface area contributed by atoms with Gasteiger partial charge in [0, 0.05) is 10.7 Å². The van der Waals surface area contributed by atoms with E-state index in [9.17, 15) is 13.2 Å². The van der Waals surface area contributed by atoms with Crippen molar-refractivity contribution in [3.05, 3.63) is 23.8 Å². The average molecular weight is 289 g/mol. The van der Waals surface area contributed by atoms with Crippen molar-refractivity contribution in [2.45, 2.75) is 25.1 Å². The quantitative estimate of drug-likeness (QED) is 0.815. The summed E-state index contributed by atoms with van der Waals surface area (Å²) in [6, 6.07) is 4.96. The molecule has 0 atom stereocenters. The molecule has 0 aliphatic carbocycles. The molecule has 0 aromatic heterocycles. The van der Waals surface area contributed by atoms with E-state index >= 15 is 0 Å². The standard InChI is InChI=1S/C11H13ClN2O3S/c1-11(2)10(15)13-8-4-3-7(5-9(8)14-11)6-18(12,16)17/h3-5,14H,6H2,1-2H3,(H,13,15). The molecule has 0 bridgehead atoms. The Morgan fingerprint density at radius 3 is 2.56 bits per heavy atom. The minimum Gasteiger partial charge on any atom is -0.370 e. The van der Waals surface area contributed by atoms with Gasteiger partial charge in [0.1, 0.15) is 5.54 Å². The molecule has 18 heavy (non-hydrogen) atoms. The smallest absolute Gasteiger partial charge is 0.249 e. The van der Waals surface area contributed by atoms with E-state index in [-0.39, 0.29) is 11.7 Å². The average Bonchev–Trinajstić information content (AvgIpc) is 2.17. The zero-order valence-electron chi connectivity index (χ0n) is 9.95. The number of hydrogen-bond donors (Lipinski definition) is 2. The Morgan fingerprint density at radius 2 is 1.94 bits per heavy atom. The lowest BCUT2D eigenvalue weighted by molar-refractivity contribution is -0.119. The number of rotatable bonds is 2. The van der Waals surface area contributed by atoms with Crippen LogP contribution in [0.5, 0.6) is 0 Å². The van der Waals surface area contributed by atoms with E-state index in [1.54, 1.807) is 32.0 Å². The number of nitrogens with one attached hydrogen (secondary N) is 2. The van der Waals surface area contributed by atoms with Gasteiger partial charge in [-0.3, -0.25) is 4.79 Å². The van der Waals surface area contributed by atoms with Crippen molar-refractivity contribution in [1.29, 1.82) is 0 Å². The minimum atomic E-state index is -3.59. The number of amides is 1. The summed E-state index contributed by atoms with van der Waals surface area (Å²) < 4.78 is 22.0. The maximum absolute atomic E-state index is 11.7. The molecule has 0 spiro atoms. The molecule has 5 nitrogen and oxygen atoms in total. The van der Waals surface area contributed by atoms with Crippen molar-refractivity contribution >= 4 is 37.0 Å². The zero-order chi connectivity index (χ0) is 13.6. The van der Waals surface area contributed by atoms with Crippen molar-refractivity contribution in [2.24, 2.45) is 0 Å². The normalized spacial score (nSPS) is 17.6. The highest BCUT2D eigenvalue weighted by Gasteiger charge is 2.32. The van der Waals surface area contributed by atoms with E-state index in [2.05, 4.69) is 10.6 Å². The Bertz CT molecular complexity index is 611. The summed E-state index contributed by atoms with van der Waals surface area (Å²) in [6.45, 7) is 3.49. The summed E-state index contributed by atoms with van der Waals surface area (Å²) in [5.74, 6) is -0.370. The third kappa shape index (κ3) is 2.76. The summed E-state index contributed by atoms with van der Waals surface area (Å²) in [5, 5.41) is 5.82. The van der Waals surface area contributed by atoms with Crippen LogP contribution in [0.2, 0.25) is 0 Å². The number of carbonyl (C=O) groups is 1. The maximum atomic E-state index is 11.7. The van der Waals surface area contributed by atoms with Gasteiger partial charge in [-0.25, -0.2) is 8.42 Å². The van der Waals surface area contributed by atoms with Crippen molar-refractivity contribution in [2.75, 3.05) is 10.6 Å². The topological polar surface area (TPSA) is 75.3 Å². The fourth-order valence-corrected chi connectivity index (χ4v) is 2.72. The number of carbonyl (C=O) groups excluding carboxylic acids is 1. The molecule has 1 aromatic rings. The molecule has 2 rings (SSSR count). The number of hydrogen-bond acceptors (Lipinski definition) is 4. The van der Waals surface area contributed by atoms with Crippen molar-refractivity contribution in [1.82, 2.24) is 0 Å². The van der Waals surface area contributed by atoms with E-state index in [1.165, 1.54) is 0 Å². The second-order valence-electron chi connectivity index (χ2n) is 4.77. The molecule has 0 saturated carbocycles. The van der Waals surface area contributed by atoms with Gasteiger partial charge in [0.25, 0.3) is 0 Å². The Hall–Kier alpha value is -1.27. The number of benzene rings is 1. The van der Waals surface area contributed by atoms with Crippen LogP contribution >= 0.6 is 10.7 Å². The summed E-state index contributed by atoms with van der Waals surface area (Å²) in [7, 11) is 1.63. The predicted octanol–water partition coefficient (Wildman–Crippen LogP) is 1.90. The molecule has 0 saturated heterocycles. The fourth-order valence-electron chi connectivity index (χ4n) is 1.76. The van der Waals surface area contributed by atoms with Gasteiger partial charge in [-0.05, 0) is 31.5 Å². The van der Waals surface area contributed by atoms with Crippen LogP contribution in [0.4, 0.5) is 11.4 Å². The van der Waals surface area contributed by atoms with Crippen LogP contribution < -0.4 is 10.6 Å². The molecular formula is C11H13ClN2O3S. The van der Waals surface area contributed by atoms with Gasteiger partial charge in [-0.1, -0.05) is 6.07 Å². The Morgan fingerprint density at radius 1 is 1.28 bits per heavy atom. The van der Waals surface area contributed by atoms with Gasteiger partial charge in [-0.2, -0.15) is 0 Å². The molecule has 1 aliphatic heterocycles. The second-order valence-corrected chi connectivity index (χ2v) is 7.54. The highest BCUT2D eigenvalue weighted by atomic mass is 35.7. The Balaban J connectivity index is 2.36. The fraction of sp³-hybridized carbons (Fsp3) is 0.364. The molecule has 1 aromatic carbocycles. The van der Waals surface area contributed by atoms with E-state index in [0.29, 0.717) is 16.9 Å². The minimum absolute atomic E-state index is 0.132. The van der Waals surface area contributed by atoms with Crippen LogP contribution in [0, 0.1) is 0 Å². The van der Waals surface area contributed by atoms with Gasteiger partial charge < -0.3 is 10.6 Å². The van der Waals surface area contributed by atoms with Gasteiger partial charge in [0.05, 0.1) is 17.1 Å². The van der Waals surface area contributed by atoms with Gasteiger partial charge in [-0.15, -0.1) is 0 Å². The lowest BCUT2D eigenvalue weighted by Crippen LogP contribution is -2.47. The lowest BCUT2D eigenvalue weighted by Gasteiger charge is -2.32. The van der Waals surface area contributed by atoms with Crippen LogP contribution in [0.15, 0.2) is 18.2 Å². The summed E-state index contributed by atoms with van der Waals surface area (Å²) in [5.41, 5.74) is 1.17. The summed E-state index contributed by atoms with van der Waals surface area (Å²) in [6.07, 6.45) is 0. The Kier molecular flexibility index (Phi) is 3.03. The van der Waals surface area contributed by atoms with Gasteiger partial charge in [0.2, 0.25) is 15.0 Å². The molecule has 1 aliphatic rings. The van der Waals surface area contributed by atoms with Crippen molar-refractivity contribution < 1.29 is 13.2 Å². The number of halogens is 1. The largest absolute Gasteiger partial charge is 0.370 e. The van der Waals surface area contributed by atoms with Gasteiger partial charge >= 0.3 is 0 Å². The molecule has 7 heteroatoms. The van der Waals surface area contributed by atoms with Gasteiger partial charge in [0.15, 0.2) is 0 Å². The number of fused-ring (bicyclic) bond motifs is 1. The first-order chi connectivity index (χ1) is 8.17. The molecule has 0 radical (unpaired) electrons. The van der Waals surface area contributed by atoms with Crippen LogP contribution in [0.1, 0.15) is 19.4 Å². The van der Waals surface area contributed by atoms with E-state index in [4.69, 9.17) is 10.7 Å². The van der Waals surface area contributed by atoms with Crippen LogP contribution in [0.3, 0.4) is 0 Å². The molecule has 0 unspecified atom stereocenters. The van der Waals surface area contributed by atoms with E-state index < -0.39 is 14.6 Å². The molecule has 2 N–H and O–H groups in total. The lowest BCUT2D eigenvalue weighted by atomic mass is 9.99. The van der Waals surface area contributed by atoms with E-state index in [0.717, 1.165) is 0 Å². The van der Waals surface area contributed by atoms with Crippen molar-refractivity contribution in [3.8, 4) is 0 Å². The predicted molar refractivity (Wildman–Crippen MR) is 71.3 cm³/mol. The van der Waals surface area contributed by atoms with Crippen molar-refractivity contribution in [3.63, 3.8) is 0 Å². The van der Waals surface area contributed by atoms with E-state index in [1.807, 2.05) is 0 Å². The number of anilines is 2. The SMILES string of the molecule is CC1(C)Nc2cc(CS(=O)(=O)Cl)ccc2NC1=O. The zero-order valence-corrected chi connectivity index (χ0v) is 11.5. The maximum Gasteiger partial charge on any atom is 0.249 e. The first-order valence-corrected chi connectivity index (χ1v) is 7.80. The van der Waals surface area contributed by atoms with Crippen LogP contribution in [-0.2, 0) is 19.6 Å².